The molecule has 0 spiro atoms. The average molecular weight is 489 g/mol. The van der Waals surface area contributed by atoms with Gasteiger partial charge < -0.3 is 9.47 Å². The topological polar surface area (TPSA) is 77.5 Å². The highest BCUT2D eigenvalue weighted by molar-refractivity contribution is 9.10. The number of nitrogens with one attached hydrogen (secondary N) is 1. The van der Waals surface area contributed by atoms with Crippen LogP contribution >= 0.6 is 27.3 Å². The van der Waals surface area contributed by atoms with Crippen molar-refractivity contribution in [1.82, 2.24) is 4.98 Å². The number of allylic oxidation sites excluding steroid dienone is 1. The number of thiazole rings is 1. The summed E-state index contributed by atoms with van der Waals surface area (Å²) in [6.07, 6.45) is 3.11. The summed E-state index contributed by atoms with van der Waals surface area (Å²) >= 11 is 4.53. The number of hydrogen-bond donors (Lipinski definition) is 1. The summed E-state index contributed by atoms with van der Waals surface area (Å²) in [7, 11) is 0. The van der Waals surface area contributed by atoms with Crippen molar-refractivity contribution in [1.29, 1.82) is 0 Å². The Bertz CT molecular complexity index is 1170. The Balaban J connectivity index is 1.49. The minimum atomic E-state index is -0.428. The smallest absolute Gasteiger partial charge is 0.257 e. The standard InChI is InChI=1S/C21H14BrFN2O4S/c1-11-19(30-21(24-11)25-20(27)12-2-5-14(23)6-3-12)16(26)7-4-13-8-17-18(9-15(13)22)29-10-28-17/h2-9H,10H2,1H3,(H,24,25,27)/b7-4+. The molecule has 0 saturated heterocycles. The highest BCUT2D eigenvalue weighted by atomic mass is 79.9. The van der Waals surface area contributed by atoms with Gasteiger partial charge in [0.25, 0.3) is 5.91 Å². The predicted octanol–water partition coefficient (Wildman–Crippen LogP) is 5.23. The number of ether oxygens (including phenoxy) is 2. The van der Waals surface area contributed by atoms with Crippen molar-refractivity contribution < 1.29 is 23.5 Å². The zero-order chi connectivity index (χ0) is 21.3. The fourth-order valence-electron chi connectivity index (χ4n) is 2.75. The molecule has 1 aliphatic heterocycles. The van der Waals surface area contributed by atoms with Gasteiger partial charge in [0.1, 0.15) is 5.82 Å². The van der Waals surface area contributed by atoms with Crippen LogP contribution in [0.2, 0.25) is 0 Å². The number of carbonyl (C=O) groups excluding carboxylic acids is 2. The van der Waals surface area contributed by atoms with E-state index in [1.54, 1.807) is 25.1 Å². The molecule has 6 nitrogen and oxygen atoms in total. The van der Waals surface area contributed by atoms with Crippen LogP contribution < -0.4 is 14.8 Å². The molecule has 0 unspecified atom stereocenters. The van der Waals surface area contributed by atoms with Gasteiger partial charge in [-0.15, -0.1) is 0 Å². The normalized spacial score (nSPS) is 12.4. The number of aryl methyl sites for hydroxylation is 1. The van der Waals surface area contributed by atoms with Gasteiger partial charge in [-0.2, -0.15) is 0 Å². The van der Waals surface area contributed by atoms with Crippen LogP contribution in [0.1, 0.15) is 31.3 Å². The average Bonchev–Trinajstić information content (AvgIpc) is 3.32. The van der Waals surface area contributed by atoms with Gasteiger partial charge in [-0.05, 0) is 61.0 Å². The number of fused-ring (bicyclic) bond motifs is 1. The Morgan fingerprint density at radius 1 is 1.20 bits per heavy atom. The molecule has 1 aliphatic rings. The van der Waals surface area contributed by atoms with E-state index in [0.717, 1.165) is 21.4 Å². The summed E-state index contributed by atoms with van der Waals surface area (Å²) in [4.78, 5) is 29.6. The monoisotopic (exact) mass is 488 g/mol. The molecule has 0 fully saturated rings. The fraction of sp³-hybridized carbons (Fsp3) is 0.0952. The van der Waals surface area contributed by atoms with E-state index in [-0.39, 0.29) is 12.6 Å². The molecular formula is C21H14BrFN2O4S. The molecule has 30 heavy (non-hydrogen) atoms. The molecule has 0 atom stereocenters. The molecule has 0 saturated carbocycles. The first-order chi connectivity index (χ1) is 14.4. The number of aromatic nitrogens is 1. The Morgan fingerprint density at radius 3 is 2.63 bits per heavy atom. The quantitative estimate of drug-likeness (QED) is 0.392. The minimum absolute atomic E-state index is 0.167. The van der Waals surface area contributed by atoms with Gasteiger partial charge in [0.05, 0.1) is 10.6 Å². The second-order valence-electron chi connectivity index (χ2n) is 6.32. The van der Waals surface area contributed by atoms with Crippen molar-refractivity contribution >= 4 is 50.2 Å². The lowest BCUT2D eigenvalue weighted by molar-refractivity contribution is 0.102. The van der Waals surface area contributed by atoms with Crippen LogP contribution in [-0.2, 0) is 0 Å². The van der Waals surface area contributed by atoms with Gasteiger partial charge in [-0.1, -0.05) is 27.3 Å². The van der Waals surface area contributed by atoms with Gasteiger partial charge in [-0.25, -0.2) is 9.37 Å². The first kappa shape index (κ1) is 20.2. The number of halogens is 2. The molecule has 1 N–H and O–H groups in total. The highest BCUT2D eigenvalue weighted by Gasteiger charge is 2.17. The molecule has 0 radical (unpaired) electrons. The number of benzene rings is 2. The molecule has 2 heterocycles. The van der Waals surface area contributed by atoms with E-state index in [1.165, 1.54) is 30.3 Å². The number of anilines is 1. The summed E-state index contributed by atoms with van der Waals surface area (Å²) in [6, 6.07) is 8.73. The summed E-state index contributed by atoms with van der Waals surface area (Å²) in [5.41, 5.74) is 1.57. The van der Waals surface area contributed by atoms with Gasteiger partial charge >= 0.3 is 0 Å². The lowest BCUT2D eigenvalue weighted by Gasteiger charge is -2.01. The maximum atomic E-state index is 13.0. The SMILES string of the molecule is Cc1nc(NC(=O)c2ccc(F)cc2)sc1C(=O)/C=C/c1cc2c(cc1Br)OCO2. The van der Waals surface area contributed by atoms with Crippen molar-refractivity contribution in [3.8, 4) is 11.5 Å². The molecule has 9 heteroatoms. The Morgan fingerprint density at radius 2 is 1.90 bits per heavy atom. The van der Waals surface area contributed by atoms with E-state index in [1.807, 2.05) is 0 Å². The van der Waals surface area contributed by atoms with Gasteiger partial charge in [0, 0.05) is 10.0 Å². The van der Waals surface area contributed by atoms with E-state index < -0.39 is 11.7 Å². The third-order valence-corrected chi connectivity index (χ3v) is 6.03. The molecule has 3 aromatic rings. The fourth-order valence-corrected chi connectivity index (χ4v) is 4.09. The maximum Gasteiger partial charge on any atom is 0.257 e. The first-order valence-electron chi connectivity index (χ1n) is 8.76. The number of amides is 1. The van der Waals surface area contributed by atoms with Gasteiger partial charge in [0.2, 0.25) is 6.79 Å². The van der Waals surface area contributed by atoms with Crippen LogP contribution in [0.5, 0.6) is 11.5 Å². The number of ketones is 1. The van der Waals surface area contributed by atoms with Crippen LogP contribution in [0, 0.1) is 12.7 Å². The van der Waals surface area contributed by atoms with Crippen LogP contribution in [0.25, 0.3) is 6.08 Å². The van der Waals surface area contributed by atoms with Crippen molar-refractivity contribution in [2.45, 2.75) is 6.92 Å². The minimum Gasteiger partial charge on any atom is -0.454 e. The maximum absolute atomic E-state index is 13.0. The molecule has 2 aromatic carbocycles. The predicted molar refractivity (Wildman–Crippen MR) is 115 cm³/mol. The lowest BCUT2D eigenvalue weighted by atomic mass is 10.1. The van der Waals surface area contributed by atoms with E-state index in [2.05, 4.69) is 26.2 Å². The second-order valence-corrected chi connectivity index (χ2v) is 8.17. The molecule has 0 bridgehead atoms. The Kier molecular flexibility index (Phi) is 5.65. The summed E-state index contributed by atoms with van der Waals surface area (Å²) < 4.78 is 24.4. The Hall–Kier alpha value is -3.04. The zero-order valence-corrected chi connectivity index (χ0v) is 18.0. The zero-order valence-electron chi connectivity index (χ0n) is 15.6. The van der Waals surface area contributed by atoms with Crippen LogP contribution in [0.15, 0.2) is 46.9 Å². The Labute approximate surface area is 183 Å². The third-order valence-electron chi connectivity index (χ3n) is 4.25. The number of hydrogen-bond acceptors (Lipinski definition) is 6. The molecule has 4 rings (SSSR count). The van der Waals surface area contributed by atoms with Gasteiger partial charge in [-0.3, -0.25) is 14.9 Å². The molecule has 1 aromatic heterocycles. The number of nitrogens with zero attached hydrogens (tertiary/aromatic N) is 1. The molecule has 0 aliphatic carbocycles. The largest absolute Gasteiger partial charge is 0.454 e. The van der Waals surface area contributed by atoms with Crippen molar-refractivity contribution in [2.75, 3.05) is 12.1 Å². The van der Waals surface area contributed by atoms with Crippen LogP contribution in [0.4, 0.5) is 9.52 Å². The number of carbonyl (C=O) groups is 2. The van der Waals surface area contributed by atoms with E-state index in [4.69, 9.17) is 9.47 Å². The van der Waals surface area contributed by atoms with E-state index in [0.29, 0.717) is 32.8 Å². The number of rotatable bonds is 5. The lowest BCUT2D eigenvalue weighted by Crippen LogP contribution is -2.11. The van der Waals surface area contributed by atoms with Crippen molar-refractivity contribution in [2.24, 2.45) is 0 Å². The molecular weight excluding hydrogens is 475 g/mol. The van der Waals surface area contributed by atoms with E-state index >= 15 is 0 Å². The van der Waals surface area contributed by atoms with E-state index in [9.17, 15) is 14.0 Å². The highest BCUT2D eigenvalue weighted by Crippen LogP contribution is 2.37. The van der Waals surface area contributed by atoms with Crippen molar-refractivity contribution in [3.63, 3.8) is 0 Å². The first-order valence-corrected chi connectivity index (χ1v) is 10.4. The summed E-state index contributed by atoms with van der Waals surface area (Å²) in [5.74, 6) is 0.167. The van der Waals surface area contributed by atoms with Crippen LogP contribution in [-0.4, -0.2) is 23.5 Å². The van der Waals surface area contributed by atoms with Gasteiger partial charge in [0.15, 0.2) is 22.4 Å². The molecule has 1 amide bonds. The molecule has 152 valence electrons. The van der Waals surface area contributed by atoms with Crippen molar-refractivity contribution in [3.05, 3.63) is 74.5 Å². The third kappa shape index (κ3) is 4.27. The van der Waals surface area contributed by atoms with Crippen LogP contribution in [0.3, 0.4) is 0 Å². The second kappa shape index (κ2) is 8.37. The summed E-state index contributed by atoms with van der Waals surface area (Å²) in [5, 5.41) is 2.93. The summed E-state index contributed by atoms with van der Waals surface area (Å²) in [6.45, 7) is 1.86.